The second-order valence-electron chi connectivity index (χ2n) is 3.41. The first-order valence-electron chi connectivity index (χ1n) is 4.92. The van der Waals surface area contributed by atoms with E-state index in [0.29, 0.717) is 0 Å². The average Bonchev–Trinajstić information content (AvgIpc) is 2.77. The van der Waals surface area contributed by atoms with Crippen molar-refractivity contribution in [3.05, 3.63) is 51.7 Å². The predicted octanol–water partition coefficient (Wildman–Crippen LogP) is 3.22. The number of ether oxygens (including phenoxy) is 1. The van der Waals surface area contributed by atoms with E-state index in [1.54, 1.807) is 18.4 Å². The number of methoxy groups -OCH3 is 1. The lowest BCUT2D eigenvalue weighted by Crippen LogP contribution is -1.93. The van der Waals surface area contributed by atoms with Gasteiger partial charge in [0.05, 0.1) is 12.7 Å². The van der Waals surface area contributed by atoms with Gasteiger partial charge in [-0.25, -0.2) is 0 Å². The third-order valence-electron chi connectivity index (χ3n) is 2.44. The molecule has 2 rings (SSSR count). The molecular weight excluding hydrogens is 218 g/mol. The lowest BCUT2D eigenvalue weighted by molar-refractivity contribution is 0.410. The second kappa shape index (κ2) is 4.82. The molecule has 0 fully saturated rings. The Balaban J connectivity index is 2.31. The summed E-state index contributed by atoms with van der Waals surface area (Å²) < 4.78 is 5.29. The van der Waals surface area contributed by atoms with Crippen molar-refractivity contribution in [1.29, 1.82) is 5.26 Å². The van der Waals surface area contributed by atoms with Crippen LogP contribution in [0.25, 0.3) is 0 Å². The molecule has 0 atom stereocenters. The number of rotatable bonds is 3. The molecule has 0 unspecified atom stereocenters. The SMILES string of the molecule is COc1ccccc1Cc1cscc1C#N. The maximum atomic E-state index is 8.94. The van der Waals surface area contributed by atoms with Gasteiger partial charge in [0.2, 0.25) is 0 Å². The molecule has 0 radical (unpaired) electrons. The van der Waals surface area contributed by atoms with Crippen LogP contribution >= 0.6 is 11.3 Å². The van der Waals surface area contributed by atoms with E-state index >= 15 is 0 Å². The Morgan fingerprint density at radius 3 is 2.81 bits per heavy atom. The van der Waals surface area contributed by atoms with Crippen molar-refractivity contribution in [2.45, 2.75) is 6.42 Å². The highest BCUT2D eigenvalue weighted by Crippen LogP contribution is 2.24. The van der Waals surface area contributed by atoms with Crippen molar-refractivity contribution in [3.8, 4) is 11.8 Å². The number of hydrogen-bond donors (Lipinski definition) is 0. The van der Waals surface area contributed by atoms with Crippen molar-refractivity contribution in [1.82, 2.24) is 0 Å². The van der Waals surface area contributed by atoms with E-state index in [4.69, 9.17) is 10.00 Å². The minimum Gasteiger partial charge on any atom is -0.496 e. The fourth-order valence-electron chi connectivity index (χ4n) is 1.61. The van der Waals surface area contributed by atoms with Crippen LogP contribution in [0.15, 0.2) is 35.0 Å². The number of para-hydroxylation sites is 1. The Labute approximate surface area is 98.7 Å². The largest absolute Gasteiger partial charge is 0.496 e. The topological polar surface area (TPSA) is 33.0 Å². The molecule has 0 aliphatic heterocycles. The minimum atomic E-state index is 0.746. The van der Waals surface area contributed by atoms with Crippen molar-refractivity contribution < 1.29 is 4.74 Å². The van der Waals surface area contributed by atoms with Crippen molar-refractivity contribution in [2.75, 3.05) is 7.11 Å². The lowest BCUT2D eigenvalue weighted by atomic mass is 10.0. The highest BCUT2D eigenvalue weighted by Gasteiger charge is 2.07. The zero-order valence-electron chi connectivity index (χ0n) is 8.93. The van der Waals surface area contributed by atoms with Gasteiger partial charge in [-0.3, -0.25) is 0 Å². The fraction of sp³-hybridized carbons (Fsp3) is 0.154. The summed E-state index contributed by atoms with van der Waals surface area (Å²) in [5.74, 6) is 0.873. The number of benzene rings is 1. The molecule has 0 aliphatic rings. The summed E-state index contributed by atoms with van der Waals surface area (Å²) in [4.78, 5) is 0. The van der Waals surface area contributed by atoms with Gasteiger partial charge in [-0.1, -0.05) is 18.2 Å². The van der Waals surface area contributed by atoms with Crippen LogP contribution in [0.5, 0.6) is 5.75 Å². The van der Waals surface area contributed by atoms with Gasteiger partial charge >= 0.3 is 0 Å². The Morgan fingerprint density at radius 1 is 1.25 bits per heavy atom. The van der Waals surface area contributed by atoms with E-state index < -0.39 is 0 Å². The van der Waals surface area contributed by atoms with Crippen LogP contribution in [0.4, 0.5) is 0 Å². The van der Waals surface area contributed by atoms with Gasteiger partial charge in [-0.15, -0.1) is 0 Å². The summed E-state index contributed by atoms with van der Waals surface area (Å²) in [6, 6.07) is 10.1. The summed E-state index contributed by atoms with van der Waals surface area (Å²) in [7, 11) is 1.66. The number of nitrogens with zero attached hydrogens (tertiary/aromatic N) is 1. The van der Waals surface area contributed by atoms with Gasteiger partial charge in [0.15, 0.2) is 0 Å². The Morgan fingerprint density at radius 2 is 2.06 bits per heavy atom. The molecule has 2 aromatic rings. The highest BCUT2D eigenvalue weighted by atomic mass is 32.1. The van der Waals surface area contributed by atoms with Crippen molar-refractivity contribution in [2.24, 2.45) is 0 Å². The number of hydrogen-bond acceptors (Lipinski definition) is 3. The van der Waals surface area contributed by atoms with Crippen LogP contribution in [0.3, 0.4) is 0 Å². The fourth-order valence-corrected chi connectivity index (χ4v) is 2.40. The lowest BCUT2D eigenvalue weighted by Gasteiger charge is -2.07. The quantitative estimate of drug-likeness (QED) is 0.809. The molecule has 1 aromatic carbocycles. The van der Waals surface area contributed by atoms with E-state index in [0.717, 1.165) is 28.9 Å². The van der Waals surface area contributed by atoms with Gasteiger partial charge in [-0.05, 0) is 22.6 Å². The van der Waals surface area contributed by atoms with E-state index in [1.807, 2.05) is 35.0 Å². The van der Waals surface area contributed by atoms with E-state index in [9.17, 15) is 0 Å². The average molecular weight is 229 g/mol. The molecule has 0 spiro atoms. The molecule has 0 saturated heterocycles. The summed E-state index contributed by atoms with van der Waals surface area (Å²) in [5, 5.41) is 12.8. The van der Waals surface area contributed by atoms with Gasteiger partial charge in [0, 0.05) is 11.8 Å². The van der Waals surface area contributed by atoms with E-state index in [1.165, 1.54) is 0 Å². The van der Waals surface area contributed by atoms with Gasteiger partial charge < -0.3 is 4.74 Å². The van der Waals surface area contributed by atoms with Crippen LogP contribution in [0.1, 0.15) is 16.7 Å². The van der Waals surface area contributed by atoms with Crippen LogP contribution in [-0.4, -0.2) is 7.11 Å². The normalized spacial score (nSPS) is 9.75. The van der Waals surface area contributed by atoms with Crippen molar-refractivity contribution >= 4 is 11.3 Å². The molecule has 0 N–H and O–H groups in total. The number of nitriles is 1. The summed E-state index contributed by atoms with van der Waals surface area (Å²) in [6.45, 7) is 0. The second-order valence-corrected chi connectivity index (χ2v) is 4.15. The van der Waals surface area contributed by atoms with Crippen LogP contribution in [0, 0.1) is 11.3 Å². The van der Waals surface area contributed by atoms with Crippen LogP contribution < -0.4 is 4.74 Å². The maximum absolute atomic E-state index is 8.94. The van der Waals surface area contributed by atoms with Crippen LogP contribution in [0.2, 0.25) is 0 Å². The Hall–Kier alpha value is -1.79. The third kappa shape index (κ3) is 2.07. The first-order valence-corrected chi connectivity index (χ1v) is 5.86. The first kappa shape index (κ1) is 10.7. The standard InChI is InChI=1S/C13H11NOS/c1-15-13-5-3-2-4-10(13)6-11-8-16-9-12(11)7-14/h2-5,8-9H,6H2,1H3. The zero-order chi connectivity index (χ0) is 11.4. The zero-order valence-corrected chi connectivity index (χ0v) is 9.75. The van der Waals surface area contributed by atoms with Gasteiger partial charge in [0.25, 0.3) is 0 Å². The van der Waals surface area contributed by atoms with Crippen LogP contribution in [-0.2, 0) is 6.42 Å². The molecule has 3 heteroatoms. The molecule has 0 bridgehead atoms. The molecule has 80 valence electrons. The monoisotopic (exact) mass is 229 g/mol. The molecule has 1 heterocycles. The molecule has 2 nitrogen and oxygen atoms in total. The van der Waals surface area contributed by atoms with E-state index in [2.05, 4.69) is 6.07 Å². The van der Waals surface area contributed by atoms with Crippen molar-refractivity contribution in [3.63, 3.8) is 0 Å². The first-order chi connectivity index (χ1) is 7.85. The smallest absolute Gasteiger partial charge is 0.122 e. The van der Waals surface area contributed by atoms with Gasteiger partial charge in [0.1, 0.15) is 11.8 Å². The predicted molar refractivity (Wildman–Crippen MR) is 64.8 cm³/mol. The minimum absolute atomic E-state index is 0.746. The molecule has 0 aliphatic carbocycles. The summed E-state index contributed by atoms with van der Waals surface area (Å²) in [6.07, 6.45) is 0.746. The van der Waals surface area contributed by atoms with E-state index in [-0.39, 0.29) is 0 Å². The molecule has 0 saturated carbocycles. The Kier molecular flexibility index (Phi) is 3.23. The third-order valence-corrected chi connectivity index (χ3v) is 3.23. The maximum Gasteiger partial charge on any atom is 0.122 e. The molecule has 1 aromatic heterocycles. The molecular formula is C13H11NOS. The number of thiophene rings is 1. The summed E-state index contributed by atoms with van der Waals surface area (Å²) in [5.41, 5.74) is 2.94. The summed E-state index contributed by atoms with van der Waals surface area (Å²) >= 11 is 1.56. The van der Waals surface area contributed by atoms with Gasteiger partial charge in [-0.2, -0.15) is 16.6 Å². The molecule has 16 heavy (non-hydrogen) atoms. The molecule has 0 amide bonds. The highest BCUT2D eigenvalue weighted by molar-refractivity contribution is 7.08. The Bertz CT molecular complexity index is 525.